The van der Waals surface area contributed by atoms with Crippen molar-refractivity contribution in [2.45, 2.75) is 26.8 Å². The van der Waals surface area contributed by atoms with Gasteiger partial charge < -0.3 is 5.32 Å². The fraction of sp³-hybridized carbons (Fsp3) is 0.727. The van der Waals surface area contributed by atoms with Crippen LogP contribution in [-0.4, -0.2) is 22.9 Å². The molecule has 78 valence electrons. The van der Waals surface area contributed by atoms with Gasteiger partial charge in [0.1, 0.15) is 0 Å². The van der Waals surface area contributed by atoms with Crippen molar-refractivity contribution in [1.29, 1.82) is 0 Å². The minimum absolute atomic E-state index is 0.748. The van der Waals surface area contributed by atoms with Crippen molar-refractivity contribution in [3.05, 3.63) is 18.0 Å². The molecule has 1 aromatic heterocycles. The lowest BCUT2D eigenvalue weighted by Gasteiger charge is -2.27. The van der Waals surface area contributed by atoms with Crippen molar-refractivity contribution in [3.63, 3.8) is 0 Å². The Labute approximate surface area is 85.5 Å². The molecule has 2 atom stereocenters. The van der Waals surface area contributed by atoms with E-state index in [2.05, 4.69) is 35.0 Å². The Morgan fingerprint density at radius 3 is 3.07 bits per heavy atom. The maximum atomic E-state index is 4.32. The second kappa shape index (κ2) is 4.13. The molecule has 0 bridgehead atoms. The predicted octanol–water partition coefficient (Wildman–Crippen LogP) is 1.44. The number of rotatable bonds is 2. The average Bonchev–Trinajstić information content (AvgIpc) is 2.52. The molecule has 1 aliphatic rings. The Hall–Kier alpha value is -0.830. The molecule has 1 saturated heterocycles. The quantitative estimate of drug-likeness (QED) is 0.770. The zero-order valence-corrected chi connectivity index (χ0v) is 9.03. The van der Waals surface area contributed by atoms with Gasteiger partial charge >= 0.3 is 0 Å². The summed E-state index contributed by atoms with van der Waals surface area (Å²) in [5.41, 5.74) is 1.27. The van der Waals surface area contributed by atoms with Crippen LogP contribution in [0.1, 0.15) is 19.0 Å². The summed E-state index contributed by atoms with van der Waals surface area (Å²) in [6.07, 6.45) is 3.21. The van der Waals surface area contributed by atoms with E-state index in [1.54, 1.807) is 0 Å². The van der Waals surface area contributed by atoms with Gasteiger partial charge in [0.2, 0.25) is 0 Å². The summed E-state index contributed by atoms with van der Waals surface area (Å²) in [5, 5.41) is 7.80. The zero-order chi connectivity index (χ0) is 9.97. The van der Waals surface area contributed by atoms with Crippen LogP contribution in [0.4, 0.5) is 0 Å². The SMILES string of the molecule is Cc1ccnn1CC1CNCC(C)C1. The van der Waals surface area contributed by atoms with E-state index in [4.69, 9.17) is 0 Å². The summed E-state index contributed by atoms with van der Waals surface area (Å²) < 4.78 is 2.12. The van der Waals surface area contributed by atoms with Crippen LogP contribution < -0.4 is 5.32 Å². The minimum atomic E-state index is 0.748. The van der Waals surface area contributed by atoms with Crippen LogP contribution in [0.3, 0.4) is 0 Å². The molecule has 0 radical (unpaired) electrons. The number of nitrogens with one attached hydrogen (secondary N) is 1. The molecule has 14 heavy (non-hydrogen) atoms. The Balaban J connectivity index is 1.94. The molecule has 1 aromatic rings. The Morgan fingerprint density at radius 1 is 1.57 bits per heavy atom. The summed E-state index contributed by atoms with van der Waals surface area (Å²) in [4.78, 5) is 0. The van der Waals surface area contributed by atoms with Gasteiger partial charge in [0.15, 0.2) is 0 Å². The second-order valence-electron chi connectivity index (χ2n) is 4.52. The Bertz CT molecular complexity index is 292. The maximum absolute atomic E-state index is 4.32. The first-order chi connectivity index (χ1) is 6.75. The van der Waals surface area contributed by atoms with Gasteiger partial charge in [-0.25, -0.2) is 0 Å². The van der Waals surface area contributed by atoms with Crippen LogP contribution in [0.15, 0.2) is 12.3 Å². The number of hydrogen-bond acceptors (Lipinski definition) is 2. The minimum Gasteiger partial charge on any atom is -0.316 e. The van der Waals surface area contributed by atoms with Gasteiger partial charge in [-0.2, -0.15) is 5.10 Å². The van der Waals surface area contributed by atoms with E-state index in [0.29, 0.717) is 0 Å². The van der Waals surface area contributed by atoms with E-state index in [1.807, 2.05) is 6.20 Å². The van der Waals surface area contributed by atoms with Gasteiger partial charge in [-0.3, -0.25) is 4.68 Å². The van der Waals surface area contributed by atoms with Crippen LogP contribution in [0.2, 0.25) is 0 Å². The third-order valence-corrected chi connectivity index (χ3v) is 3.02. The number of aromatic nitrogens is 2. The third-order valence-electron chi connectivity index (χ3n) is 3.02. The van der Waals surface area contributed by atoms with E-state index >= 15 is 0 Å². The summed E-state index contributed by atoms with van der Waals surface area (Å²) in [7, 11) is 0. The number of aryl methyl sites for hydroxylation is 1. The molecule has 0 amide bonds. The van der Waals surface area contributed by atoms with Crippen molar-refractivity contribution < 1.29 is 0 Å². The highest BCUT2D eigenvalue weighted by molar-refractivity contribution is 4.96. The van der Waals surface area contributed by atoms with E-state index in [-0.39, 0.29) is 0 Å². The molecule has 0 saturated carbocycles. The lowest BCUT2D eigenvalue weighted by atomic mass is 9.92. The van der Waals surface area contributed by atoms with Crippen LogP contribution in [-0.2, 0) is 6.54 Å². The van der Waals surface area contributed by atoms with Gasteiger partial charge in [-0.1, -0.05) is 6.92 Å². The fourth-order valence-electron chi connectivity index (χ4n) is 2.24. The van der Waals surface area contributed by atoms with Crippen molar-refractivity contribution >= 4 is 0 Å². The van der Waals surface area contributed by atoms with E-state index in [9.17, 15) is 0 Å². The summed E-state index contributed by atoms with van der Waals surface area (Å²) in [5.74, 6) is 1.56. The number of nitrogens with zero attached hydrogens (tertiary/aromatic N) is 2. The molecule has 2 rings (SSSR count). The summed E-state index contributed by atoms with van der Waals surface area (Å²) in [6.45, 7) is 7.82. The highest BCUT2D eigenvalue weighted by Gasteiger charge is 2.19. The first-order valence-corrected chi connectivity index (χ1v) is 5.45. The monoisotopic (exact) mass is 193 g/mol. The number of piperidine rings is 1. The molecule has 2 heterocycles. The predicted molar refractivity (Wildman–Crippen MR) is 57.1 cm³/mol. The van der Waals surface area contributed by atoms with E-state index < -0.39 is 0 Å². The molecule has 1 N–H and O–H groups in total. The zero-order valence-electron chi connectivity index (χ0n) is 9.03. The number of hydrogen-bond donors (Lipinski definition) is 1. The van der Waals surface area contributed by atoms with Gasteiger partial charge in [-0.15, -0.1) is 0 Å². The Morgan fingerprint density at radius 2 is 2.43 bits per heavy atom. The summed E-state index contributed by atoms with van der Waals surface area (Å²) >= 11 is 0. The molecule has 1 fully saturated rings. The summed E-state index contributed by atoms with van der Waals surface area (Å²) in [6, 6.07) is 2.07. The Kier molecular flexibility index (Phi) is 2.87. The maximum Gasteiger partial charge on any atom is 0.0492 e. The van der Waals surface area contributed by atoms with Crippen molar-refractivity contribution in [2.75, 3.05) is 13.1 Å². The van der Waals surface area contributed by atoms with E-state index in [1.165, 1.54) is 18.7 Å². The first-order valence-electron chi connectivity index (χ1n) is 5.45. The molecule has 3 nitrogen and oxygen atoms in total. The molecule has 1 aliphatic heterocycles. The molecular formula is C11H19N3. The van der Waals surface area contributed by atoms with Crippen LogP contribution in [0, 0.1) is 18.8 Å². The lowest BCUT2D eigenvalue weighted by molar-refractivity contribution is 0.267. The van der Waals surface area contributed by atoms with Crippen LogP contribution in [0.25, 0.3) is 0 Å². The van der Waals surface area contributed by atoms with E-state index in [0.717, 1.165) is 24.9 Å². The van der Waals surface area contributed by atoms with Gasteiger partial charge in [0, 0.05) is 18.4 Å². The molecular weight excluding hydrogens is 174 g/mol. The standard InChI is InChI=1S/C11H19N3/c1-9-5-11(7-12-6-9)8-14-10(2)3-4-13-14/h3-4,9,11-12H,5-8H2,1-2H3. The molecule has 0 aliphatic carbocycles. The molecule has 0 spiro atoms. The van der Waals surface area contributed by atoms with Gasteiger partial charge in [0.05, 0.1) is 0 Å². The first kappa shape index (κ1) is 9.71. The highest BCUT2D eigenvalue weighted by atomic mass is 15.3. The molecule has 2 unspecified atom stereocenters. The lowest BCUT2D eigenvalue weighted by Crippen LogP contribution is -2.37. The smallest absolute Gasteiger partial charge is 0.0492 e. The van der Waals surface area contributed by atoms with Crippen LogP contribution in [0.5, 0.6) is 0 Å². The van der Waals surface area contributed by atoms with Crippen molar-refractivity contribution in [1.82, 2.24) is 15.1 Å². The normalized spacial score (nSPS) is 27.9. The van der Waals surface area contributed by atoms with Gasteiger partial charge in [0.25, 0.3) is 0 Å². The van der Waals surface area contributed by atoms with Gasteiger partial charge in [-0.05, 0) is 44.3 Å². The average molecular weight is 193 g/mol. The largest absolute Gasteiger partial charge is 0.316 e. The molecule has 0 aromatic carbocycles. The van der Waals surface area contributed by atoms with Crippen molar-refractivity contribution in [3.8, 4) is 0 Å². The second-order valence-corrected chi connectivity index (χ2v) is 4.52. The fourth-order valence-corrected chi connectivity index (χ4v) is 2.24. The van der Waals surface area contributed by atoms with Crippen molar-refractivity contribution in [2.24, 2.45) is 11.8 Å². The highest BCUT2D eigenvalue weighted by Crippen LogP contribution is 2.17. The molecule has 3 heteroatoms. The topological polar surface area (TPSA) is 29.9 Å². The third kappa shape index (κ3) is 2.15. The van der Waals surface area contributed by atoms with Crippen LogP contribution >= 0.6 is 0 Å².